The molecule has 9 nitrogen and oxygen atoms in total. The van der Waals surface area contributed by atoms with Crippen LogP contribution in [0.15, 0.2) is 12.3 Å². The van der Waals surface area contributed by atoms with Crippen molar-refractivity contribution in [2.24, 2.45) is 0 Å². The van der Waals surface area contributed by atoms with Crippen LogP contribution in [0.5, 0.6) is 0 Å². The van der Waals surface area contributed by atoms with Gasteiger partial charge in [-0.2, -0.15) is 0 Å². The number of hydrogen-bond donors (Lipinski definition) is 4. The number of amides is 1. The van der Waals surface area contributed by atoms with Crippen LogP contribution in [0.2, 0.25) is 0 Å². The van der Waals surface area contributed by atoms with E-state index in [0.717, 1.165) is 44.2 Å². The van der Waals surface area contributed by atoms with Crippen LogP contribution in [0.1, 0.15) is 103 Å². The Morgan fingerprint density at radius 3 is 1.86 bits per heavy atom. The summed E-state index contributed by atoms with van der Waals surface area (Å²) >= 11 is 0. The molecule has 0 fully saturated rings. The number of rotatable bonds is 29. The number of ether oxygens (including phenoxy) is 2. The minimum atomic E-state index is -0.697. The molecule has 0 bridgehead atoms. The van der Waals surface area contributed by atoms with Gasteiger partial charge in [-0.05, 0) is 25.7 Å². The molecule has 0 aliphatic rings. The topological polar surface area (TPSA) is 134 Å². The minimum absolute atomic E-state index is 0.00817. The molecule has 1 unspecified atom stereocenters. The number of hydrogen-bond acceptors (Lipinski definition) is 7. The molecule has 0 spiro atoms. The fraction of sp³-hybridized carbons (Fsp3) is 0.821. The zero-order chi connectivity index (χ0) is 27.4. The van der Waals surface area contributed by atoms with E-state index in [1.165, 1.54) is 38.5 Å². The Morgan fingerprint density at radius 2 is 1.32 bits per heavy atom. The van der Waals surface area contributed by atoms with E-state index in [1.54, 1.807) is 0 Å². The van der Waals surface area contributed by atoms with Crippen molar-refractivity contribution in [2.45, 2.75) is 109 Å². The largest absolute Gasteiger partial charge is 0.481 e. The van der Waals surface area contributed by atoms with Gasteiger partial charge in [0.15, 0.2) is 0 Å². The van der Waals surface area contributed by atoms with Gasteiger partial charge in [-0.3, -0.25) is 9.59 Å². The highest BCUT2D eigenvalue weighted by Gasteiger charge is 2.11. The molecule has 0 heterocycles. The van der Waals surface area contributed by atoms with Crippen LogP contribution in [0.3, 0.4) is 0 Å². The van der Waals surface area contributed by atoms with Crippen molar-refractivity contribution in [1.82, 2.24) is 10.6 Å². The maximum Gasteiger partial charge on any atom is 0.303 e. The standard InChI is InChI=1S/C28H52N2O7/c1-25(29-18-20-36-22-23-37-21-19-31)16-17-26(24-32)30-27(33)14-12-10-8-6-4-2-3-5-7-9-11-13-15-28(34)35/h19,26,29,32H,1-18,20-24H2,(H,30,33)(H,34,35). The first-order chi connectivity index (χ1) is 18.0. The number of aliphatic carboxylic acids is 1. The molecule has 0 aliphatic heterocycles. The van der Waals surface area contributed by atoms with Crippen LogP contribution >= 0.6 is 0 Å². The molecular weight excluding hydrogens is 476 g/mol. The predicted octanol–water partition coefficient (Wildman–Crippen LogP) is 4.13. The van der Waals surface area contributed by atoms with Gasteiger partial charge in [0.2, 0.25) is 5.91 Å². The molecule has 4 N–H and O–H groups in total. The second kappa shape index (κ2) is 27.1. The van der Waals surface area contributed by atoms with Crippen LogP contribution < -0.4 is 10.6 Å². The van der Waals surface area contributed by atoms with Gasteiger partial charge in [0, 0.05) is 25.1 Å². The van der Waals surface area contributed by atoms with E-state index >= 15 is 0 Å². The van der Waals surface area contributed by atoms with Crippen molar-refractivity contribution < 1.29 is 34.1 Å². The molecule has 0 rings (SSSR count). The zero-order valence-corrected chi connectivity index (χ0v) is 22.9. The van der Waals surface area contributed by atoms with Gasteiger partial charge in [0.05, 0.1) is 32.5 Å². The number of aldehydes is 1. The Kier molecular flexibility index (Phi) is 25.6. The Hall–Kier alpha value is -1.97. The summed E-state index contributed by atoms with van der Waals surface area (Å²) < 4.78 is 10.4. The van der Waals surface area contributed by atoms with Crippen molar-refractivity contribution in [3.8, 4) is 0 Å². The number of unbranched alkanes of at least 4 members (excludes halogenated alkanes) is 11. The Balaban J connectivity index is 3.55. The molecule has 9 heteroatoms. The van der Waals surface area contributed by atoms with Crippen molar-refractivity contribution in [3.63, 3.8) is 0 Å². The molecule has 0 aromatic carbocycles. The number of carbonyl (C=O) groups excluding carboxylic acids is 2. The lowest BCUT2D eigenvalue weighted by Gasteiger charge is -2.17. The molecule has 0 saturated carbocycles. The smallest absolute Gasteiger partial charge is 0.303 e. The molecule has 216 valence electrons. The third-order valence-electron chi connectivity index (χ3n) is 6.10. The number of carbonyl (C=O) groups is 3. The summed E-state index contributed by atoms with van der Waals surface area (Å²) in [6, 6.07) is -0.269. The number of allylic oxidation sites excluding steroid dienone is 1. The van der Waals surface area contributed by atoms with E-state index in [2.05, 4.69) is 17.2 Å². The maximum atomic E-state index is 12.2. The zero-order valence-electron chi connectivity index (χ0n) is 22.9. The molecule has 0 saturated heterocycles. The molecular formula is C28H52N2O7. The van der Waals surface area contributed by atoms with E-state index < -0.39 is 5.97 Å². The summed E-state index contributed by atoms with van der Waals surface area (Å²) in [5.74, 6) is -0.706. The van der Waals surface area contributed by atoms with Crippen LogP contribution in [-0.4, -0.2) is 74.0 Å². The van der Waals surface area contributed by atoms with E-state index in [1.807, 2.05) is 0 Å². The number of carboxylic acid groups (broad SMARTS) is 1. The van der Waals surface area contributed by atoms with Crippen LogP contribution in [-0.2, 0) is 23.9 Å². The van der Waals surface area contributed by atoms with Crippen molar-refractivity contribution in [1.29, 1.82) is 0 Å². The first-order valence-corrected chi connectivity index (χ1v) is 14.1. The normalized spacial score (nSPS) is 11.7. The van der Waals surface area contributed by atoms with Gasteiger partial charge in [-0.25, -0.2) is 0 Å². The van der Waals surface area contributed by atoms with Gasteiger partial charge in [0.25, 0.3) is 0 Å². The number of nitrogens with one attached hydrogen (secondary N) is 2. The summed E-state index contributed by atoms with van der Waals surface area (Å²) in [5, 5.41) is 24.3. The maximum absolute atomic E-state index is 12.2. The first kappa shape index (κ1) is 35.0. The molecule has 0 aromatic heterocycles. The van der Waals surface area contributed by atoms with Gasteiger partial charge < -0.3 is 35.1 Å². The van der Waals surface area contributed by atoms with Gasteiger partial charge in [-0.1, -0.05) is 70.8 Å². The number of carboxylic acids is 1. The lowest BCUT2D eigenvalue weighted by molar-refractivity contribution is -0.137. The average Bonchev–Trinajstić information content (AvgIpc) is 2.88. The van der Waals surface area contributed by atoms with Gasteiger partial charge in [0.1, 0.15) is 12.9 Å². The van der Waals surface area contributed by atoms with Crippen LogP contribution in [0.25, 0.3) is 0 Å². The van der Waals surface area contributed by atoms with E-state index in [0.29, 0.717) is 58.3 Å². The summed E-state index contributed by atoms with van der Waals surface area (Å²) in [4.78, 5) is 32.8. The third-order valence-corrected chi connectivity index (χ3v) is 6.10. The molecule has 37 heavy (non-hydrogen) atoms. The Bertz CT molecular complexity index is 587. The van der Waals surface area contributed by atoms with E-state index in [9.17, 15) is 19.5 Å². The molecule has 0 radical (unpaired) electrons. The van der Waals surface area contributed by atoms with Crippen molar-refractivity contribution >= 4 is 18.2 Å². The van der Waals surface area contributed by atoms with E-state index in [-0.39, 0.29) is 25.2 Å². The Labute approximate surface area is 223 Å². The Morgan fingerprint density at radius 1 is 0.784 bits per heavy atom. The second-order valence-electron chi connectivity index (χ2n) is 9.51. The summed E-state index contributed by atoms with van der Waals surface area (Å²) in [6.45, 7) is 5.90. The highest BCUT2D eigenvalue weighted by Crippen LogP contribution is 2.13. The fourth-order valence-electron chi connectivity index (χ4n) is 3.93. The molecule has 0 aromatic rings. The minimum Gasteiger partial charge on any atom is -0.481 e. The molecule has 0 aliphatic carbocycles. The fourth-order valence-corrected chi connectivity index (χ4v) is 3.93. The average molecular weight is 529 g/mol. The van der Waals surface area contributed by atoms with Gasteiger partial charge >= 0.3 is 5.97 Å². The lowest BCUT2D eigenvalue weighted by Crippen LogP contribution is -2.37. The molecule has 1 amide bonds. The highest BCUT2D eigenvalue weighted by molar-refractivity contribution is 5.76. The SMILES string of the molecule is C=C(CCC(CO)NC(=O)CCCCCCCCCCCCCCC(=O)O)NCCOCCOCC=O. The second-order valence-corrected chi connectivity index (χ2v) is 9.51. The molecule has 1 atom stereocenters. The first-order valence-electron chi connectivity index (χ1n) is 14.1. The van der Waals surface area contributed by atoms with Crippen molar-refractivity contribution in [2.75, 3.05) is 39.6 Å². The summed E-state index contributed by atoms with van der Waals surface area (Å²) in [7, 11) is 0. The van der Waals surface area contributed by atoms with Crippen LogP contribution in [0, 0.1) is 0 Å². The highest BCUT2D eigenvalue weighted by atomic mass is 16.5. The third kappa shape index (κ3) is 26.9. The predicted molar refractivity (Wildman–Crippen MR) is 145 cm³/mol. The summed E-state index contributed by atoms with van der Waals surface area (Å²) in [6.07, 6.45) is 16.1. The van der Waals surface area contributed by atoms with Crippen molar-refractivity contribution in [3.05, 3.63) is 12.3 Å². The lowest BCUT2D eigenvalue weighted by atomic mass is 10.0. The number of aliphatic hydroxyl groups excluding tert-OH is 1. The monoisotopic (exact) mass is 528 g/mol. The van der Waals surface area contributed by atoms with E-state index in [4.69, 9.17) is 14.6 Å². The summed E-state index contributed by atoms with van der Waals surface area (Å²) in [5.41, 5.74) is 0.837. The van der Waals surface area contributed by atoms with Gasteiger partial charge in [-0.15, -0.1) is 0 Å². The quantitative estimate of drug-likeness (QED) is 0.0841. The van der Waals surface area contributed by atoms with Crippen LogP contribution in [0.4, 0.5) is 0 Å². The number of aliphatic hydroxyl groups is 1.